The first kappa shape index (κ1) is 31.0. The predicted molar refractivity (Wildman–Crippen MR) is 167 cm³/mol. The third-order valence-electron chi connectivity index (χ3n) is 10.0. The van der Waals surface area contributed by atoms with Crippen molar-refractivity contribution in [3.63, 3.8) is 0 Å². The van der Waals surface area contributed by atoms with Gasteiger partial charge in [0.1, 0.15) is 11.6 Å². The maximum Gasteiger partial charge on any atom is 0.250 e. The van der Waals surface area contributed by atoms with Gasteiger partial charge in [-0.05, 0) is 75.8 Å². The Kier molecular flexibility index (Phi) is 8.86. The van der Waals surface area contributed by atoms with Crippen LogP contribution in [0.3, 0.4) is 0 Å². The first-order chi connectivity index (χ1) is 20.6. The van der Waals surface area contributed by atoms with Gasteiger partial charge in [-0.2, -0.15) is 0 Å². The van der Waals surface area contributed by atoms with Crippen LogP contribution in [0, 0.1) is 17.8 Å². The first-order valence-corrected chi connectivity index (χ1v) is 15.8. The smallest absolute Gasteiger partial charge is 0.250 e. The normalized spacial score (nSPS) is 29.8. The molecule has 3 heterocycles. The average Bonchev–Trinajstić information content (AvgIpc) is 3.53. The lowest BCUT2D eigenvalue weighted by Crippen LogP contribution is -2.57. The van der Waals surface area contributed by atoms with E-state index >= 15 is 0 Å². The van der Waals surface area contributed by atoms with Gasteiger partial charge in [-0.25, -0.2) is 0 Å². The van der Waals surface area contributed by atoms with E-state index in [1.54, 1.807) is 0 Å². The van der Waals surface area contributed by atoms with E-state index in [0.29, 0.717) is 25.1 Å². The lowest BCUT2D eigenvalue weighted by molar-refractivity contribution is -0.149. The van der Waals surface area contributed by atoms with Crippen molar-refractivity contribution in [3.05, 3.63) is 60.2 Å². The Labute approximate surface area is 255 Å². The van der Waals surface area contributed by atoms with Crippen LogP contribution in [0.25, 0.3) is 0 Å². The number of rotatable bonds is 12. The molecule has 9 nitrogen and oxygen atoms in total. The van der Waals surface area contributed by atoms with Crippen LogP contribution in [0.2, 0.25) is 0 Å². The topological polar surface area (TPSA) is 111 Å². The highest BCUT2D eigenvalue weighted by Gasteiger charge is 2.80. The standard InChI is InChI=1S/C34H46N4O5/c1-6-18-35-30(40)27-28-32(42)38(26(21-39)19-23-12-10-9-11-13-23)29(34(28)20-22(4)33(27,5)43-34)31(41)36-24-14-16-25(17-15-24)37(7-2)8-3/h9-17,22,26-29,39H,6-8,18-21H2,1-5H3,(H,35,40)(H,36,41)/t22?,26-,27+,28+,29?,33-,34?/m1/s1. The number of anilines is 2. The molecule has 3 amide bonds. The van der Waals surface area contributed by atoms with Crippen molar-refractivity contribution in [2.45, 2.75) is 77.2 Å². The number of ether oxygens (including phenoxy) is 1. The lowest BCUT2D eigenvalue weighted by atomic mass is 9.62. The molecule has 0 aliphatic carbocycles. The van der Waals surface area contributed by atoms with E-state index in [1.165, 1.54) is 4.90 Å². The van der Waals surface area contributed by atoms with Gasteiger partial charge >= 0.3 is 0 Å². The summed E-state index contributed by atoms with van der Waals surface area (Å²) in [7, 11) is 0. The molecule has 3 N–H and O–H groups in total. The number of amides is 3. The van der Waals surface area contributed by atoms with E-state index in [9.17, 15) is 19.5 Å². The number of aliphatic hydroxyl groups excluding tert-OH is 1. The van der Waals surface area contributed by atoms with E-state index in [4.69, 9.17) is 4.74 Å². The Morgan fingerprint density at radius 2 is 1.74 bits per heavy atom. The van der Waals surface area contributed by atoms with Gasteiger partial charge in [-0.15, -0.1) is 0 Å². The zero-order valence-electron chi connectivity index (χ0n) is 26.0. The third kappa shape index (κ3) is 5.20. The summed E-state index contributed by atoms with van der Waals surface area (Å²) in [4.78, 5) is 46.3. The van der Waals surface area contributed by atoms with Crippen molar-refractivity contribution in [1.82, 2.24) is 10.2 Å². The summed E-state index contributed by atoms with van der Waals surface area (Å²) in [6.45, 7) is 12.0. The summed E-state index contributed by atoms with van der Waals surface area (Å²) >= 11 is 0. The minimum atomic E-state index is -1.19. The van der Waals surface area contributed by atoms with Crippen molar-refractivity contribution in [2.75, 3.05) is 36.5 Å². The second kappa shape index (κ2) is 12.3. The maximum atomic E-state index is 14.5. The number of nitrogens with one attached hydrogen (secondary N) is 2. The molecule has 0 saturated carbocycles. The number of fused-ring (bicyclic) bond motifs is 1. The van der Waals surface area contributed by atoms with Gasteiger partial charge in [0.05, 0.1) is 30.1 Å². The van der Waals surface area contributed by atoms with Crippen LogP contribution < -0.4 is 15.5 Å². The number of nitrogens with zero attached hydrogens (tertiary/aromatic N) is 2. The number of likely N-dealkylation sites (tertiary alicyclic amines) is 1. The van der Waals surface area contributed by atoms with Crippen LogP contribution in [0.1, 0.15) is 53.0 Å². The minimum Gasteiger partial charge on any atom is -0.394 e. The molecule has 2 bridgehead atoms. The van der Waals surface area contributed by atoms with Crippen molar-refractivity contribution in [2.24, 2.45) is 17.8 Å². The van der Waals surface area contributed by atoms with Gasteiger partial charge in [0, 0.05) is 31.0 Å². The van der Waals surface area contributed by atoms with E-state index in [0.717, 1.165) is 30.8 Å². The van der Waals surface area contributed by atoms with Crippen LogP contribution in [0.4, 0.5) is 11.4 Å². The third-order valence-corrected chi connectivity index (χ3v) is 10.0. The van der Waals surface area contributed by atoms with E-state index < -0.39 is 35.1 Å². The Hall–Kier alpha value is -3.43. The molecule has 2 aromatic carbocycles. The summed E-state index contributed by atoms with van der Waals surface area (Å²) in [6.07, 6.45) is 1.60. The first-order valence-electron chi connectivity index (χ1n) is 15.8. The van der Waals surface area contributed by atoms with Gasteiger partial charge in [0.25, 0.3) is 0 Å². The molecule has 9 heteroatoms. The molecule has 43 heavy (non-hydrogen) atoms. The van der Waals surface area contributed by atoms with Gasteiger partial charge in [-0.1, -0.05) is 44.2 Å². The molecule has 3 aliphatic heterocycles. The molecule has 3 fully saturated rings. The summed E-state index contributed by atoms with van der Waals surface area (Å²) in [6, 6.07) is 15.6. The molecular formula is C34H46N4O5. The number of hydrogen-bond donors (Lipinski definition) is 3. The molecule has 2 aromatic rings. The number of carbonyl (C=O) groups excluding carboxylic acids is 3. The second-order valence-electron chi connectivity index (χ2n) is 12.5. The molecule has 7 atom stereocenters. The fourth-order valence-corrected chi connectivity index (χ4v) is 7.82. The average molecular weight is 591 g/mol. The quantitative estimate of drug-likeness (QED) is 0.348. The molecule has 5 rings (SSSR count). The Morgan fingerprint density at radius 1 is 1.07 bits per heavy atom. The predicted octanol–water partition coefficient (Wildman–Crippen LogP) is 3.61. The SMILES string of the molecule is CCCNC(=O)[C@@H]1[C@H]2C(=O)N([C@@H](CO)Cc3ccccc3)C(C(=O)Nc3ccc(N(CC)CC)cc3)C23CC(C)[C@@]1(C)O3. The number of aliphatic hydroxyl groups is 1. The molecule has 3 aliphatic rings. The molecule has 0 aromatic heterocycles. The zero-order valence-corrected chi connectivity index (χ0v) is 26.0. The van der Waals surface area contributed by atoms with Crippen LogP contribution in [0.5, 0.6) is 0 Å². The van der Waals surface area contributed by atoms with Gasteiger partial charge in [0.2, 0.25) is 17.7 Å². The summed E-state index contributed by atoms with van der Waals surface area (Å²) in [5.74, 6) is -2.51. The minimum absolute atomic E-state index is 0.0563. The number of carbonyl (C=O) groups is 3. The fraction of sp³-hybridized carbons (Fsp3) is 0.559. The van der Waals surface area contributed by atoms with E-state index in [-0.39, 0.29) is 30.2 Å². The summed E-state index contributed by atoms with van der Waals surface area (Å²) in [5, 5.41) is 16.7. The van der Waals surface area contributed by atoms with Crippen LogP contribution in [-0.4, -0.2) is 77.3 Å². The van der Waals surface area contributed by atoms with Crippen molar-refractivity contribution < 1.29 is 24.2 Å². The van der Waals surface area contributed by atoms with Crippen LogP contribution in [0.15, 0.2) is 54.6 Å². The van der Waals surface area contributed by atoms with Crippen LogP contribution >= 0.6 is 0 Å². The zero-order chi connectivity index (χ0) is 30.9. The van der Waals surface area contributed by atoms with Gasteiger partial charge < -0.3 is 30.3 Å². The van der Waals surface area contributed by atoms with Crippen molar-refractivity contribution >= 4 is 29.1 Å². The molecule has 3 unspecified atom stereocenters. The summed E-state index contributed by atoms with van der Waals surface area (Å²) in [5.41, 5.74) is 0.540. The molecule has 0 radical (unpaired) electrons. The van der Waals surface area contributed by atoms with Gasteiger partial charge in [-0.3, -0.25) is 14.4 Å². The van der Waals surface area contributed by atoms with E-state index in [2.05, 4.69) is 29.4 Å². The number of benzene rings is 2. The maximum absolute atomic E-state index is 14.5. The Morgan fingerprint density at radius 3 is 2.35 bits per heavy atom. The lowest BCUT2D eigenvalue weighted by Gasteiger charge is -2.37. The van der Waals surface area contributed by atoms with Crippen LogP contribution in [-0.2, 0) is 25.5 Å². The number of hydrogen-bond acceptors (Lipinski definition) is 6. The summed E-state index contributed by atoms with van der Waals surface area (Å²) < 4.78 is 6.82. The van der Waals surface area contributed by atoms with Crippen molar-refractivity contribution in [1.29, 1.82) is 0 Å². The van der Waals surface area contributed by atoms with Crippen molar-refractivity contribution in [3.8, 4) is 0 Å². The van der Waals surface area contributed by atoms with Gasteiger partial charge in [0.15, 0.2) is 0 Å². The highest BCUT2D eigenvalue weighted by Crippen LogP contribution is 2.65. The second-order valence-corrected chi connectivity index (χ2v) is 12.5. The molecule has 3 saturated heterocycles. The largest absolute Gasteiger partial charge is 0.394 e. The highest BCUT2D eigenvalue weighted by molar-refractivity contribution is 6.04. The molecular weight excluding hydrogens is 544 g/mol. The van der Waals surface area contributed by atoms with E-state index in [1.807, 2.05) is 75.4 Å². The molecule has 1 spiro atoms. The Balaban J connectivity index is 1.54. The Bertz CT molecular complexity index is 1320. The fourth-order valence-electron chi connectivity index (χ4n) is 7.82. The molecule has 232 valence electrons. The highest BCUT2D eigenvalue weighted by atomic mass is 16.5. The monoisotopic (exact) mass is 590 g/mol.